The van der Waals surface area contributed by atoms with Crippen LogP contribution in [0.15, 0.2) is 59.7 Å². The van der Waals surface area contributed by atoms with Crippen LogP contribution in [0.5, 0.6) is 0 Å². The van der Waals surface area contributed by atoms with Crippen LogP contribution in [0.2, 0.25) is 0 Å². The number of aromatic amines is 1. The van der Waals surface area contributed by atoms with Crippen molar-refractivity contribution in [2.24, 2.45) is 5.10 Å². The van der Waals surface area contributed by atoms with Gasteiger partial charge >= 0.3 is 0 Å². The molecule has 3 rings (SSSR count). The van der Waals surface area contributed by atoms with Crippen LogP contribution < -0.4 is 4.90 Å². The molecule has 0 fully saturated rings. The number of hydrogen-bond acceptors (Lipinski definition) is 4. The Kier molecular flexibility index (Phi) is 6.19. The van der Waals surface area contributed by atoms with Crippen molar-refractivity contribution in [3.05, 3.63) is 76.3 Å². The highest BCUT2D eigenvalue weighted by Crippen LogP contribution is 2.18. The highest BCUT2D eigenvalue weighted by molar-refractivity contribution is 7.71. The number of nitrogens with one attached hydrogen (secondary N) is 1. The molecule has 2 aromatic carbocycles. The van der Waals surface area contributed by atoms with Gasteiger partial charge in [0.1, 0.15) is 0 Å². The van der Waals surface area contributed by atoms with Crippen molar-refractivity contribution in [1.82, 2.24) is 14.9 Å². The van der Waals surface area contributed by atoms with Crippen molar-refractivity contribution in [1.29, 1.82) is 0 Å². The number of rotatable bonds is 7. The van der Waals surface area contributed by atoms with Crippen molar-refractivity contribution < 1.29 is 0 Å². The van der Waals surface area contributed by atoms with E-state index in [1.165, 1.54) is 11.3 Å². The molecule has 0 aliphatic carbocycles. The normalized spacial score (nSPS) is 11.4. The van der Waals surface area contributed by atoms with E-state index in [4.69, 9.17) is 12.2 Å². The molecule has 0 saturated carbocycles. The molecule has 0 aliphatic heterocycles. The van der Waals surface area contributed by atoms with Crippen molar-refractivity contribution >= 4 is 24.1 Å². The average Bonchev–Trinajstić information content (AvgIpc) is 3.06. The Hall–Kier alpha value is -2.73. The average molecular weight is 380 g/mol. The lowest BCUT2D eigenvalue weighted by atomic mass is 10.1. The second-order valence-electron chi connectivity index (χ2n) is 6.69. The Morgan fingerprint density at radius 3 is 2.48 bits per heavy atom. The highest BCUT2D eigenvalue weighted by Gasteiger charge is 2.09. The molecule has 0 unspecified atom stereocenters. The summed E-state index contributed by atoms with van der Waals surface area (Å²) in [4.78, 5) is 2.35. The number of H-pyrrole nitrogens is 1. The summed E-state index contributed by atoms with van der Waals surface area (Å²) in [6.45, 7) is 8.15. The minimum absolute atomic E-state index is 0.244. The van der Waals surface area contributed by atoms with Crippen LogP contribution in [-0.4, -0.2) is 27.6 Å². The quantitative estimate of drug-likeness (QED) is 0.466. The summed E-state index contributed by atoms with van der Waals surface area (Å²) in [5.41, 5.74) is 3.52. The molecule has 5 nitrogen and oxygen atoms in total. The van der Waals surface area contributed by atoms with E-state index >= 15 is 0 Å². The molecular weight excluding hydrogens is 354 g/mol. The zero-order valence-electron chi connectivity index (χ0n) is 16.0. The van der Waals surface area contributed by atoms with Gasteiger partial charge < -0.3 is 4.90 Å². The lowest BCUT2D eigenvalue weighted by Gasteiger charge is -2.23. The van der Waals surface area contributed by atoms with Crippen LogP contribution in [0.4, 0.5) is 5.69 Å². The fraction of sp³-hybridized carbons (Fsp3) is 0.286. The first-order valence-corrected chi connectivity index (χ1v) is 9.60. The van der Waals surface area contributed by atoms with E-state index in [1.807, 2.05) is 12.3 Å². The van der Waals surface area contributed by atoms with Crippen molar-refractivity contribution in [3.63, 3.8) is 0 Å². The molecule has 1 aromatic heterocycles. The molecule has 0 atom stereocenters. The van der Waals surface area contributed by atoms with Crippen LogP contribution in [0.3, 0.4) is 0 Å². The lowest BCUT2D eigenvalue weighted by molar-refractivity contribution is 0.695. The number of benzene rings is 2. The smallest absolute Gasteiger partial charge is 0.216 e. The zero-order valence-corrected chi connectivity index (χ0v) is 16.8. The topological polar surface area (TPSA) is 49.2 Å². The molecule has 0 spiro atoms. The Bertz CT molecular complexity index is 939. The van der Waals surface area contributed by atoms with Crippen LogP contribution >= 0.6 is 12.2 Å². The fourth-order valence-electron chi connectivity index (χ4n) is 2.87. The third-order valence-electron chi connectivity index (χ3n) is 4.37. The Balaban J connectivity index is 1.75. The minimum atomic E-state index is 0.244. The summed E-state index contributed by atoms with van der Waals surface area (Å²) in [5, 5.41) is 11.5. The number of hydrogen-bond donors (Lipinski definition) is 1. The largest absolute Gasteiger partial charge is 0.367 e. The predicted octanol–water partition coefficient (Wildman–Crippen LogP) is 4.97. The molecule has 3 aromatic rings. The van der Waals surface area contributed by atoms with Gasteiger partial charge in [0.2, 0.25) is 4.77 Å². The van der Waals surface area contributed by atoms with E-state index in [0.717, 1.165) is 24.5 Å². The monoisotopic (exact) mass is 379 g/mol. The van der Waals surface area contributed by atoms with E-state index in [9.17, 15) is 0 Å². The van der Waals surface area contributed by atoms with Gasteiger partial charge in [-0.1, -0.05) is 56.3 Å². The van der Waals surface area contributed by atoms with Gasteiger partial charge in [0.15, 0.2) is 5.82 Å². The van der Waals surface area contributed by atoms with E-state index in [0.29, 0.717) is 4.77 Å². The van der Waals surface area contributed by atoms with Crippen molar-refractivity contribution in [2.75, 3.05) is 11.4 Å². The molecule has 0 amide bonds. The Morgan fingerprint density at radius 2 is 1.85 bits per heavy atom. The second-order valence-corrected chi connectivity index (χ2v) is 7.08. The minimum Gasteiger partial charge on any atom is -0.367 e. The third-order valence-corrected chi connectivity index (χ3v) is 4.63. The van der Waals surface area contributed by atoms with Crippen molar-refractivity contribution in [3.8, 4) is 0 Å². The number of aromatic nitrogens is 3. The Labute approximate surface area is 165 Å². The molecule has 1 N–H and O–H groups in total. The summed E-state index contributed by atoms with van der Waals surface area (Å²) >= 11 is 5.26. The highest BCUT2D eigenvalue weighted by atomic mass is 32.1. The van der Waals surface area contributed by atoms with Crippen LogP contribution in [-0.2, 0) is 6.54 Å². The van der Waals surface area contributed by atoms with E-state index in [2.05, 4.69) is 89.5 Å². The van der Waals surface area contributed by atoms with Gasteiger partial charge in [0, 0.05) is 24.7 Å². The second kappa shape index (κ2) is 8.77. The maximum Gasteiger partial charge on any atom is 0.216 e. The standard InChI is InChI=1S/C21H25N5S/c1-4-25(15-18-8-6-5-7-9-18)19-12-10-17(11-13-19)14-22-26-20(16(2)3)23-24-21(26)27/h5-14,16H,4,15H2,1-3H3,(H,24,27)/b22-14-. The number of nitrogens with zero attached hydrogens (tertiary/aromatic N) is 4. The van der Waals surface area contributed by atoms with Crippen molar-refractivity contribution in [2.45, 2.75) is 33.2 Å². The molecule has 6 heteroatoms. The molecule has 0 radical (unpaired) electrons. The number of anilines is 1. The van der Waals surface area contributed by atoms with E-state index in [-0.39, 0.29) is 5.92 Å². The van der Waals surface area contributed by atoms with Gasteiger partial charge in [-0.05, 0) is 42.4 Å². The first-order valence-electron chi connectivity index (χ1n) is 9.19. The third kappa shape index (κ3) is 4.71. The van der Waals surface area contributed by atoms with Gasteiger partial charge in [-0.15, -0.1) is 0 Å². The molecule has 140 valence electrons. The summed E-state index contributed by atoms with van der Waals surface area (Å²) in [6.07, 6.45) is 1.81. The molecule has 1 heterocycles. The van der Waals surface area contributed by atoms with E-state index < -0.39 is 0 Å². The first kappa shape index (κ1) is 19.0. The van der Waals surface area contributed by atoms with Crippen LogP contribution in [0.1, 0.15) is 43.6 Å². The maximum absolute atomic E-state index is 5.26. The van der Waals surface area contributed by atoms with Gasteiger partial charge in [-0.2, -0.15) is 14.9 Å². The fourth-order valence-corrected chi connectivity index (χ4v) is 3.06. The van der Waals surface area contributed by atoms with Crippen LogP contribution in [0.25, 0.3) is 0 Å². The lowest BCUT2D eigenvalue weighted by Crippen LogP contribution is -2.21. The summed E-state index contributed by atoms with van der Waals surface area (Å²) in [6, 6.07) is 18.9. The summed E-state index contributed by atoms with van der Waals surface area (Å²) in [7, 11) is 0. The molecule has 0 bridgehead atoms. The van der Waals surface area contributed by atoms with Gasteiger partial charge in [0.25, 0.3) is 0 Å². The first-order chi connectivity index (χ1) is 13.1. The van der Waals surface area contributed by atoms with Gasteiger partial charge in [-0.25, -0.2) is 0 Å². The molecule has 0 saturated heterocycles. The maximum atomic E-state index is 5.26. The van der Waals surface area contributed by atoms with Crippen LogP contribution in [0, 0.1) is 4.77 Å². The Morgan fingerprint density at radius 1 is 1.15 bits per heavy atom. The summed E-state index contributed by atoms with van der Waals surface area (Å²) in [5.74, 6) is 1.07. The molecule has 27 heavy (non-hydrogen) atoms. The van der Waals surface area contributed by atoms with E-state index in [1.54, 1.807) is 4.68 Å². The molecule has 0 aliphatic rings. The molecular formula is C21H25N5S. The predicted molar refractivity (Wildman–Crippen MR) is 114 cm³/mol. The van der Waals surface area contributed by atoms with Gasteiger partial charge in [-0.3, -0.25) is 5.10 Å². The summed E-state index contributed by atoms with van der Waals surface area (Å²) < 4.78 is 2.19. The zero-order chi connectivity index (χ0) is 19.2. The SMILES string of the molecule is CCN(Cc1ccccc1)c1ccc(/C=N\n2c(C(C)C)n[nH]c2=S)cc1. The van der Waals surface area contributed by atoms with Gasteiger partial charge in [0.05, 0.1) is 6.21 Å².